The van der Waals surface area contributed by atoms with Crippen molar-refractivity contribution >= 4 is 0 Å². The van der Waals surface area contributed by atoms with Gasteiger partial charge in [-0.15, -0.1) is 0 Å². The molecule has 2 heteroatoms. The molecule has 0 radical (unpaired) electrons. The molecule has 0 aromatic heterocycles. The van der Waals surface area contributed by atoms with Gasteiger partial charge in [-0.2, -0.15) is 0 Å². The fourth-order valence-corrected chi connectivity index (χ4v) is 2.54. The van der Waals surface area contributed by atoms with Crippen LogP contribution in [-0.4, -0.2) is 13.2 Å². The van der Waals surface area contributed by atoms with Crippen LogP contribution in [0.4, 0.5) is 0 Å². The Kier molecular flexibility index (Phi) is 4.91. The Labute approximate surface area is 110 Å². The number of benzene rings is 1. The van der Waals surface area contributed by atoms with Crippen molar-refractivity contribution in [1.82, 2.24) is 0 Å². The average molecular weight is 248 g/mol. The summed E-state index contributed by atoms with van der Waals surface area (Å²) in [7, 11) is 1.71. The molecule has 2 rings (SSSR count). The lowest BCUT2D eigenvalue weighted by Crippen LogP contribution is -2.11. The van der Waals surface area contributed by atoms with E-state index < -0.39 is 0 Å². The third kappa shape index (κ3) is 3.41. The van der Waals surface area contributed by atoms with Crippen molar-refractivity contribution in [2.24, 2.45) is 0 Å². The quantitative estimate of drug-likeness (QED) is 0.744. The Morgan fingerprint density at radius 3 is 2.61 bits per heavy atom. The van der Waals surface area contributed by atoms with E-state index in [2.05, 4.69) is 19.1 Å². The molecule has 0 bridgehead atoms. The minimum absolute atomic E-state index is 0.389. The van der Waals surface area contributed by atoms with E-state index in [1.54, 1.807) is 7.11 Å². The minimum atomic E-state index is 0.389. The summed E-state index contributed by atoms with van der Waals surface area (Å²) in [6.07, 6.45) is 8.93. The molecule has 18 heavy (non-hydrogen) atoms. The van der Waals surface area contributed by atoms with Crippen LogP contribution in [0.5, 0.6) is 11.5 Å². The van der Waals surface area contributed by atoms with Crippen LogP contribution in [0.3, 0.4) is 0 Å². The zero-order valence-corrected chi connectivity index (χ0v) is 11.6. The van der Waals surface area contributed by atoms with Crippen molar-refractivity contribution in [1.29, 1.82) is 0 Å². The van der Waals surface area contributed by atoms with Gasteiger partial charge in [0.1, 0.15) is 0 Å². The predicted octanol–water partition coefficient (Wildman–Crippen LogP) is 4.36. The molecule has 1 aliphatic rings. The highest BCUT2D eigenvalue weighted by Gasteiger charge is 2.18. The molecule has 0 N–H and O–H groups in total. The molecule has 0 amide bonds. The number of ether oxygens (including phenoxy) is 2. The predicted molar refractivity (Wildman–Crippen MR) is 74.5 cm³/mol. The first-order valence-corrected chi connectivity index (χ1v) is 7.17. The molecule has 1 aromatic rings. The third-order valence-electron chi connectivity index (χ3n) is 3.64. The maximum Gasteiger partial charge on any atom is 0.161 e. The SMILES string of the molecule is CCCCc1ccc(OC)c(OC2CCCC2)c1. The second-order valence-corrected chi connectivity index (χ2v) is 5.11. The second-order valence-electron chi connectivity index (χ2n) is 5.11. The second kappa shape index (κ2) is 6.67. The van der Waals surface area contributed by atoms with E-state index in [4.69, 9.17) is 9.47 Å². The van der Waals surface area contributed by atoms with Gasteiger partial charge in [0.05, 0.1) is 13.2 Å². The molecule has 0 heterocycles. The number of hydrogen-bond donors (Lipinski definition) is 0. The molecule has 2 nitrogen and oxygen atoms in total. The fourth-order valence-electron chi connectivity index (χ4n) is 2.54. The van der Waals surface area contributed by atoms with Gasteiger partial charge in [-0.3, -0.25) is 0 Å². The number of unbranched alkanes of at least 4 members (excludes halogenated alkanes) is 1. The van der Waals surface area contributed by atoms with Gasteiger partial charge in [0.25, 0.3) is 0 Å². The fraction of sp³-hybridized carbons (Fsp3) is 0.625. The van der Waals surface area contributed by atoms with E-state index in [0.717, 1.165) is 17.9 Å². The Hall–Kier alpha value is -1.18. The van der Waals surface area contributed by atoms with Gasteiger partial charge in [0.15, 0.2) is 11.5 Å². The van der Waals surface area contributed by atoms with Crippen molar-refractivity contribution in [2.45, 2.75) is 58.0 Å². The summed E-state index contributed by atoms with van der Waals surface area (Å²) in [6, 6.07) is 6.35. The van der Waals surface area contributed by atoms with Crippen LogP contribution in [-0.2, 0) is 6.42 Å². The third-order valence-corrected chi connectivity index (χ3v) is 3.64. The van der Waals surface area contributed by atoms with Gasteiger partial charge < -0.3 is 9.47 Å². The summed E-state index contributed by atoms with van der Waals surface area (Å²) in [6.45, 7) is 2.22. The lowest BCUT2D eigenvalue weighted by atomic mass is 10.1. The molecular formula is C16H24O2. The topological polar surface area (TPSA) is 18.5 Å². The van der Waals surface area contributed by atoms with E-state index in [0.29, 0.717) is 6.10 Å². The highest BCUT2D eigenvalue weighted by Crippen LogP contribution is 2.32. The van der Waals surface area contributed by atoms with Gasteiger partial charge in [0, 0.05) is 0 Å². The van der Waals surface area contributed by atoms with Crippen molar-refractivity contribution in [3.8, 4) is 11.5 Å². The van der Waals surface area contributed by atoms with Crippen molar-refractivity contribution in [3.63, 3.8) is 0 Å². The summed E-state index contributed by atoms with van der Waals surface area (Å²) in [5, 5.41) is 0. The van der Waals surface area contributed by atoms with E-state index in [1.807, 2.05) is 6.07 Å². The van der Waals surface area contributed by atoms with Gasteiger partial charge in [-0.1, -0.05) is 19.4 Å². The van der Waals surface area contributed by atoms with Gasteiger partial charge in [-0.05, 0) is 56.2 Å². The monoisotopic (exact) mass is 248 g/mol. The maximum atomic E-state index is 6.09. The van der Waals surface area contributed by atoms with Gasteiger partial charge in [-0.25, -0.2) is 0 Å². The Morgan fingerprint density at radius 1 is 1.17 bits per heavy atom. The molecule has 0 unspecified atom stereocenters. The Bertz CT molecular complexity index is 367. The van der Waals surface area contributed by atoms with E-state index in [1.165, 1.54) is 44.1 Å². The summed E-state index contributed by atoms with van der Waals surface area (Å²) in [4.78, 5) is 0. The lowest BCUT2D eigenvalue weighted by molar-refractivity contribution is 0.200. The van der Waals surface area contributed by atoms with Gasteiger partial charge in [0.2, 0.25) is 0 Å². The summed E-state index contributed by atoms with van der Waals surface area (Å²) >= 11 is 0. The van der Waals surface area contributed by atoms with Crippen molar-refractivity contribution in [2.75, 3.05) is 7.11 Å². The Morgan fingerprint density at radius 2 is 1.94 bits per heavy atom. The highest BCUT2D eigenvalue weighted by molar-refractivity contribution is 5.43. The highest BCUT2D eigenvalue weighted by atomic mass is 16.5. The molecule has 1 fully saturated rings. The zero-order valence-electron chi connectivity index (χ0n) is 11.6. The molecule has 1 saturated carbocycles. The average Bonchev–Trinajstić information content (AvgIpc) is 2.89. The molecule has 0 aliphatic heterocycles. The van der Waals surface area contributed by atoms with Crippen LogP contribution in [0.1, 0.15) is 51.0 Å². The molecule has 0 atom stereocenters. The largest absolute Gasteiger partial charge is 0.493 e. The van der Waals surface area contributed by atoms with Crippen LogP contribution < -0.4 is 9.47 Å². The first-order valence-electron chi connectivity index (χ1n) is 7.17. The summed E-state index contributed by atoms with van der Waals surface area (Å²) in [5.41, 5.74) is 1.35. The standard InChI is InChI=1S/C16H24O2/c1-3-4-7-13-10-11-15(17-2)16(12-13)18-14-8-5-6-9-14/h10-12,14H,3-9H2,1-2H3. The van der Waals surface area contributed by atoms with Crippen LogP contribution in [0.25, 0.3) is 0 Å². The van der Waals surface area contributed by atoms with Crippen LogP contribution in [0.2, 0.25) is 0 Å². The molecule has 0 spiro atoms. The van der Waals surface area contributed by atoms with E-state index >= 15 is 0 Å². The van der Waals surface area contributed by atoms with Crippen molar-refractivity contribution < 1.29 is 9.47 Å². The van der Waals surface area contributed by atoms with Crippen molar-refractivity contribution in [3.05, 3.63) is 23.8 Å². The molecule has 0 saturated heterocycles. The molecule has 1 aromatic carbocycles. The summed E-state index contributed by atoms with van der Waals surface area (Å²) < 4.78 is 11.5. The molecule has 1 aliphatic carbocycles. The Balaban J connectivity index is 2.08. The molecule has 100 valence electrons. The number of methoxy groups -OCH3 is 1. The first-order chi connectivity index (χ1) is 8.83. The smallest absolute Gasteiger partial charge is 0.161 e. The maximum absolute atomic E-state index is 6.09. The van der Waals surface area contributed by atoms with E-state index in [-0.39, 0.29) is 0 Å². The van der Waals surface area contributed by atoms with Crippen LogP contribution >= 0.6 is 0 Å². The number of aryl methyl sites for hydroxylation is 1. The minimum Gasteiger partial charge on any atom is -0.493 e. The van der Waals surface area contributed by atoms with Gasteiger partial charge >= 0.3 is 0 Å². The molecular weight excluding hydrogens is 224 g/mol. The normalized spacial score (nSPS) is 15.9. The first kappa shape index (κ1) is 13.3. The van der Waals surface area contributed by atoms with Crippen LogP contribution in [0.15, 0.2) is 18.2 Å². The number of rotatable bonds is 6. The van der Waals surface area contributed by atoms with Crippen LogP contribution in [0, 0.1) is 0 Å². The summed E-state index contributed by atoms with van der Waals surface area (Å²) in [5.74, 6) is 1.79. The van der Waals surface area contributed by atoms with E-state index in [9.17, 15) is 0 Å². The number of hydrogen-bond acceptors (Lipinski definition) is 2. The zero-order chi connectivity index (χ0) is 12.8. The lowest BCUT2D eigenvalue weighted by Gasteiger charge is -2.16.